The zero-order valence-electron chi connectivity index (χ0n) is 12.2. The van der Waals surface area contributed by atoms with E-state index in [-0.39, 0.29) is 6.61 Å². The first kappa shape index (κ1) is 14.8. The molecule has 4 heteroatoms. The van der Waals surface area contributed by atoms with E-state index in [4.69, 9.17) is 5.11 Å². The Hall–Kier alpha value is -1.65. The fourth-order valence-corrected chi connectivity index (χ4v) is 2.20. The Balaban J connectivity index is 1.77. The van der Waals surface area contributed by atoms with Crippen LogP contribution in [0.15, 0.2) is 36.7 Å². The summed E-state index contributed by atoms with van der Waals surface area (Å²) in [5.41, 5.74) is 2.17. The van der Waals surface area contributed by atoms with Gasteiger partial charge in [0, 0.05) is 31.5 Å². The van der Waals surface area contributed by atoms with Gasteiger partial charge in [0.15, 0.2) is 0 Å². The standard InChI is InChI=1S/C16H23N3O/c1-13(6-8-19-9-7-17-14(19)2)18-11-15-4-3-5-16(10-15)12-20/h3-5,7,9-10,13,18,20H,6,8,11-12H2,1-2H3/t13-/m1/s1. The van der Waals surface area contributed by atoms with Crippen molar-refractivity contribution in [3.05, 3.63) is 53.6 Å². The molecule has 0 saturated heterocycles. The van der Waals surface area contributed by atoms with Gasteiger partial charge in [-0.2, -0.15) is 0 Å². The van der Waals surface area contributed by atoms with Gasteiger partial charge in [-0.1, -0.05) is 24.3 Å². The van der Waals surface area contributed by atoms with Crippen molar-refractivity contribution in [1.82, 2.24) is 14.9 Å². The molecule has 0 amide bonds. The van der Waals surface area contributed by atoms with Crippen molar-refractivity contribution >= 4 is 0 Å². The molecule has 2 aromatic rings. The highest BCUT2D eigenvalue weighted by molar-refractivity contribution is 5.22. The minimum absolute atomic E-state index is 0.100. The Morgan fingerprint density at radius 3 is 2.85 bits per heavy atom. The number of aliphatic hydroxyl groups excluding tert-OH is 1. The van der Waals surface area contributed by atoms with Crippen molar-refractivity contribution in [2.75, 3.05) is 0 Å². The maximum absolute atomic E-state index is 9.13. The van der Waals surface area contributed by atoms with Gasteiger partial charge in [0.05, 0.1) is 6.61 Å². The van der Waals surface area contributed by atoms with E-state index in [1.54, 1.807) is 0 Å². The topological polar surface area (TPSA) is 50.1 Å². The zero-order valence-corrected chi connectivity index (χ0v) is 12.2. The van der Waals surface area contributed by atoms with Crippen LogP contribution in [0.2, 0.25) is 0 Å². The van der Waals surface area contributed by atoms with Crippen LogP contribution in [0.3, 0.4) is 0 Å². The van der Waals surface area contributed by atoms with E-state index < -0.39 is 0 Å². The van der Waals surface area contributed by atoms with E-state index in [1.807, 2.05) is 37.5 Å². The molecule has 4 nitrogen and oxygen atoms in total. The fraction of sp³-hybridized carbons (Fsp3) is 0.438. The van der Waals surface area contributed by atoms with E-state index in [9.17, 15) is 0 Å². The van der Waals surface area contributed by atoms with Crippen molar-refractivity contribution in [1.29, 1.82) is 0 Å². The number of nitrogens with zero attached hydrogens (tertiary/aromatic N) is 2. The molecule has 0 fully saturated rings. The predicted molar refractivity (Wildman–Crippen MR) is 80.2 cm³/mol. The van der Waals surface area contributed by atoms with Crippen molar-refractivity contribution in [2.24, 2.45) is 0 Å². The van der Waals surface area contributed by atoms with E-state index in [0.717, 1.165) is 30.9 Å². The number of nitrogens with one attached hydrogen (secondary N) is 1. The van der Waals surface area contributed by atoms with Crippen molar-refractivity contribution in [3.8, 4) is 0 Å². The van der Waals surface area contributed by atoms with Crippen LogP contribution in [0.5, 0.6) is 0 Å². The van der Waals surface area contributed by atoms with Crippen molar-refractivity contribution < 1.29 is 5.11 Å². The molecular weight excluding hydrogens is 250 g/mol. The summed E-state index contributed by atoms with van der Waals surface area (Å²) >= 11 is 0. The lowest BCUT2D eigenvalue weighted by Gasteiger charge is -2.15. The third-order valence-corrected chi connectivity index (χ3v) is 3.56. The summed E-state index contributed by atoms with van der Waals surface area (Å²) in [4.78, 5) is 4.23. The number of aromatic nitrogens is 2. The maximum Gasteiger partial charge on any atom is 0.105 e. The molecule has 2 rings (SSSR count). The number of hydrogen-bond acceptors (Lipinski definition) is 3. The molecule has 0 aliphatic rings. The SMILES string of the molecule is Cc1nccn1CC[C@@H](C)NCc1cccc(CO)c1. The molecule has 20 heavy (non-hydrogen) atoms. The first-order valence-corrected chi connectivity index (χ1v) is 7.09. The van der Waals surface area contributed by atoms with Gasteiger partial charge >= 0.3 is 0 Å². The third-order valence-electron chi connectivity index (χ3n) is 3.56. The highest BCUT2D eigenvalue weighted by Crippen LogP contribution is 2.06. The molecule has 0 spiro atoms. The number of imidazole rings is 1. The number of aryl methyl sites for hydroxylation is 2. The van der Waals surface area contributed by atoms with Gasteiger partial charge in [0.25, 0.3) is 0 Å². The Bertz CT molecular complexity index is 536. The van der Waals surface area contributed by atoms with Crippen molar-refractivity contribution in [3.63, 3.8) is 0 Å². The molecule has 0 unspecified atom stereocenters. The lowest BCUT2D eigenvalue weighted by molar-refractivity contribution is 0.281. The van der Waals surface area contributed by atoms with Crippen LogP contribution in [0, 0.1) is 6.92 Å². The molecule has 2 N–H and O–H groups in total. The van der Waals surface area contributed by atoms with E-state index in [2.05, 4.69) is 27.9 Å². The van der Waals surface area contributed by atoms with Crippen LogP contribution in [0.1, 0.15) is 30.3 Å². The summed E-state index contributed by atoms with van der Waals surface area (Å²) in [6.07, 6.45) is 4.93. The summed E-state index contributed by atoms with van der Waals surface area (Å²) in [5.74, 6) is 1.06. The molecule has 0 radical (unpaired) electrons. The number of rotatable bonds is 7. The zero-order chi connectivity index (χ0) is 14.4. The maximum atomic E-state index is 9.13. The molecule has 1 aromatic carbocycles. The Morgan fingerprint density at radius 1 is 1.35 bits per heavy atom. The molecule has 0 aliphatic carbocycles. The lowest BCUT2D eigenvalue weighted by Crippen LogP contribution is -2.26. The van der Waals surface area contributed by atoms with Crippen LogP contribution >= 0.6 is 0 Å². The van der Waals surface area contributed by atoms with E-state index in [0.29, 0.717) is 6.04 Å². The highest BCUT2D eigenvalue weighted by atomic mass is 16.3. The Labute approximate surface area is 120 Å². The van der Waals surface area contributed by atoms with Crippen LogP contribution in [-0.4, -0.2) is 20.7 Å². The second kappa shape index (κ2) is 7.22. The monoisotopic (exact) mass is 273 g/mol. The number of hydrogen-bond donors (Lipinski definition) is 2. The normalized spacial score (nSPS) is 12.6. The van der Waals surface area contributed by atoms with Crippen LogP contribution < -0.4 is 5.32 Å². The average molecular weight is 273 g/mol. The number of benzene rings is 1. The Morgan fingerprint density at radius 2 is 2.15 bits per heavy atom. The molecular formula is C16H23N3O. The Kier molecular flexibility index (Phi) is 5.32. The number of aliphatic hydroxyl groups is 1. The summed E-state index contributed by atoms with van der Waals surface area (Å²) in [6.45, 7) is 6.14. The van der Waals surface area contributed by atoms with Gasteiger partial charge in [-0.3, -0.25) is 0 Å². The van der Waals surface area contributed by atoms with Gasteiger partial charge in [0.2, 0.25) is 0 Å². The molecule has 0 aliphatic heterocycles. The van der Waals surface area contributed by atoms with E-state index in [1.165, 1.54) is 5.56 Å². The molecule has 108 valence electrons. The van der Waals surface area contributed by atoms with Gasteiger partial charge in [-0.25, -0.2) is 4.98 Å². The molecule has 1 heterocycles. The smallest absolute Gasteiger partial charge is 0.105 e. The second-order valence-corrected chi connectivity index (χ2v) is 5.22. The largest absolute Gasteiger partial charge is 0.392 e. The van der Waals surface area contributed by atoms with Crippen molar-refractivity contribution in [2.45, 2.75) is 46.0 Å². The quantitative estimate of drug-likeness (QED) is 0.813. The van der Waals surface area contributed by atoms with Crippen LogP contribution in [0.4, 0.5) is 0 Å². The predicted octanol–water partition coefficient (Wildman–Crippen LogP) is 2.25. The summed E-state index contributed by atoms with van der Waals surface area (Å²) < 4.78 is 2.17. The average Bonchev–Trinajstić information content (AvgIpc) is 2.88. The van der Waals surface area contributed by atoms with Gasteiger partial charge in [0.1, 0.15) is 5.82 Å². The van der Waals surface area contributed by atoms with Gasteiger partial charge < -0.3 is 15.0 Å². The minimum atomic E-state index is 0.100. The molecule has 0 saturated carbocycles. The first-order chi connectivity index (χ1) is 9.69. The summed E-state index contributed by atoms with van der Waals surface area (Å²) in [7, 11) is 0. The first-order valence-electron chi connectivity index (χ1n) is 7.09. The van der Waals surface area contributed by atoms with Crippen LogP contribution in [0.25, 0.3) is 0 Å². The third kappa shape index (κ3) is 4.18. The van der Waals surface area contributed by atoms with Gasteiger partial charge in [-0.15, -0.1) is 0 Å². The minimum Gasteiger partial charge on any atom is -0.392 e. The fourth-order valence-electron chi connectivity index (χ4n) is 2.20. The second-order valence-electron chi connectivity index (χ2n) is 5.22. The molecule has 1 aromatic heterocycles. The molecule has 1 atom stereocenters. The highest BCUT2D eigenvalue weighted by Gasteiger charge is 2.04. The summed E-state index contributed by atoms with van der Waals surface area (Å²) in [6, 6.07) is 8.49. The lowest BCUT2D eigenvalue weighted by atomic mass is 10.1. The molecule has 0 bridgehead atoms. The summed E-state index contributed by atoms with van der Waals surface area (Å²) in [5, 5.41) is 12.6. The van der Waals surface area contributed by atoms with E-state index >= 15 is 0 Å². The van der Waals surface area contributed by atoms with Gasteiger partial charge in [-0.05, 0) is 31.4 Å². The van der Waals surface area contributed by atoms with Crippen LogP contribution in [-0.2, 0) is 19.7 Å².